The molecule has 1 saturated heterocycles. The van der Waals surface area contributed by atoms with Crippen LogP contribution < -0.4 is 10.6 Å². The van der Waals surface area contributed by atoms with Crippen LogP contribution in [0.5, 0.6) is 0 Å². The molecule has 6 heteroatoms. The first-order chi connectivity index (χ1) is 12.1. The summed E-state index contributed by atoms with van der Waals surface area (Å²) in [6.07, 6.45) is 5.31. The Hall–Kier alpha value is -2.40. The zero-order valence-corrected chi connectivity index (χ0v) is 14.9. The van der Waals surface area contributed by atoms with E-state index in [2.05, 4.69) is 19.9 Å². The molecule has 0 spiro atoms. The van der Waals surface area contributed by atoms with Gasteiger partial charge in [-0.3, -0.25) is 0 Å². The number of anilines is 2. The number of piperidine rings is 1. The van der Waals surface area contributed by atoms with E-state index in [1.54, 1.807) is 12.4 Å². The summed E-state index contributed by atoms with van der Waals surface area (Å²) >= 11 is 6.62. The van der Waals surface area contributed by atoms with Gasteiger partial charge in [0.25, 0.3) is 0 Å². The van der Waals surface area contributed by atoms with Gasteiger partial charge in [0.2, 0.25) is 0 Å². The van der Waals surface area contributed by atoms with Crippen LogP contribution in [0, 0.1) is 6.92 Å². The zero-order valence-electron chi connectivity index (χ0n) is 14.2. The lowest BCUT2D eigenvalue weighted by Crippen LogP contribution is -2.30. The quantitative estimate of drug-likeness (QED) is 0.746. The van der Waals surface area contributed by atoms with Crippen LogP contribution >= 0.6 is 11.6 Å². The normalized spacial score (nSPS) is 14.9. The van der Waals surface area contributed by atoms with Crippen molar-refractivity contribution in [2.45, 2.75) is 26.2 Å². The van der Waals surface area contributed by atoms with Gasteiger partial charge in [-0.1, -0.05) is 17.7 Å². The number of fused-ring (bicyclic) bond motifs is 1. The van der Waals surface area contributed by atoms with Crippen molar-refractivity contribution in [1.29, 1.82) is 0 Å². The van der Waals surface area contributed by atoms with Crippen LogP contribution in [-0.4, -0.2) is 28.0 Å². The average Bonchev–Trinajstić information content (AvgIpc) is 2.63. The molecular weight excluding hydrogens is 334 g/mol. The van der Waals surface area contributed by atoms with Crippen LogP contribution in [0.15, 0.2) is 30.6 Å². The minimum absolute atomic E-state index is 0.480. The van der Waals surface area contributed by atoms with Crippen molar-refractivity contribution in [2.24, 2.45) is 0 Å². The van der Waals surface area contributed by atoms with Crippen LogP contribution in [0.1, 0.15) is 24.8 Å². The fourth-order valence-electron chi connectivity index (χ4n) is 3.42. The molecule has 0 unspecified atom stereocenters. The second-order valence-corrected chi connectivity index (χ2v) is 6.90. The van der Waals surface area contributed by atoms with Crippen LogP contribution in [-0.2, 0) is 0 Å². The van der Waals surface area contributed by atoms with Crippen molar-refractivity contribution in [2.75, 3.05) is 23.7 Å². The molecule has 1 aromatic carbocycles. The van der Waals surface area contributed by atoms with E-state index in [0.717, 1.165) is 46.6 Å². The molecule has 2 aromatic heterocycles. The number of hydrogen-bond acceptors (Lipinski definition) is 5. The van der Waals surface area contributed by atoms with Crippen LogP contribution in [0.2, 0.25) is 5.02 Å². The third-order valence-electron chi connectivity index (χ3n) is 4.73. The number of aryl methyl sites for hydroxylation is 1. The smallest absolute Gasteiger partial charge is 0.139 e. The van der Waals surface area contributed by atoms with Crippen LogP contribution in [0.4, 0.5) is 11.6 Å². The molecule has 0 bridgehead atoms. The highest BCUT2D eigenvalue weighted by Crippen LogP contribution is 2.35. The molecule has 0 radical (unpaired) electrons. The Morgan fingerprint density at radius 3 is 2.68 bits per heavy atom. The third-order valence-corrected chi connectivity index (χ3v) is 5.05. The molecule has 0 saturated carbocycles. The molecule has 1 fully saturated rings. The molecule has 0 aliphatic carbocycles. The van der Waals surface area contributed by atoms with E-state index in [-0.39, 0.29) is 0 Å². The lowest BCUT2D eigenvalue weighted by molar-refractivity contribution is 0.574. The van der Waals surface area contributed by atoms with Gasteiger partial charge >= 0.3 is 0 Å². The van der Waals surface area contributed by atoms with E-state index in [1.807, 2.05) is 25.1 Å². The first kappa shape index (κ1) is 16.1. The Morgan fingerprint density at radius 2 is 1.88 bits per heavy atom. The Kier molecular flexibility index (Phi) is 4.17. The molecular formula is C19H20ClN5. The molecule has 2 N–H and O–H groups in total. The molecule has 4 rings (SSSR count). The van der Waals surface area contributed by atoms with Gasteiger partial charge in [-0.2, -0.15) is 0 Å². The Bertz CT molecular complexity index is 934. The number of nitrogens with zero attached hydrogens (tertiary/aromatic N) is 4. The summed E-state index contributed by atoms with van der Waals surface area (Å²) in [7, 11) is 0. The summed E-state index contributed by atoms with van der Waals surface area (Å²) < 4.78 is 0. The zero-order chi connectivity index (χ0) is 17.4. The van der Waals surface area contributed by atoms with Gasteiger partial charge in [0.1, 0.15) is 18.0 Å². The first-order valence-electron chi connectivity index (χ1n) is 8.56. The van der Waals surface area contributed by atoms with Crippen molar-refractivity contribution in [3.8, 4) is 11.3 Å². The number of nitrogen functional groups attached to an aromatic ring is 1. The van der Waals surface area contributed by atoms with Gasteiger partial charge in [-0.05, 0) is 49.9 Å². The van der Waals surface area contributed by atoms with Crippen molar-refractivity contribution in [3.05, 3.63) is 41.2 Å². The maximum Gasteiger partial charge on any atom is 0.139 e. The number of nitrogens with two attached hydrogens (primary N) is 1. The number of hydrogen-bond donors (Lipinski definition) is 1. The van der Waals surface area contributed by atoms with E-state index in [1.165, 1.54) is 19.3 Å². The molecule has 1 aliphatic heterocycles. The Morgan fingerprint density at radius 1 is 1.08 bits per heavy atom. The highest BCUT2D eigenvalue weighted by Gasteiger charge is 2.18. The summed E-state index contributed by atoms with van der Waals surface area (Å²) in [5, 5.41) is 1.63. The minimum Gasteiger partial charge on any atom is -0.384 e. The SMILES string of the molecule is Cc1ccc(N)nc1-c1cc2ncnc(N3CCCCC3)c2cc1Cl. The Balaban J connectivity index is 1.87. The van der Waals surface area contributed by atoms with Crippen molar-refractivity contribution < 1.29 is 0 Å². The summed E-state index contributed by atoms with van der Waals surface area (Å²) in [4.78, 5) is 15.8. The topological polar surface area (TPSA) is 67.9 Å². The van der Waals surface area contributed by atoms with Gasteiger partial charge < -0.3 is 10.6 Å². The second-order valence-electron chi connectivity index (χ2n) is 6.50. The standard InChI is InChI=1S/C19H20ClN5/c1-12-5-6-17(21)24-18(12)13-10-16-14(9-15(13)20)19(23-11-22-16)25-7-3-2-4-8-25/h5-6,9-11H,2-4,7-8H2,1H3,(H2,21,24). The van der Waals surface area contributed by atoms with Crippen LogP contribution in [0.25, 0.3) is 22.2 Å². The Labute approximate surface area is 151 Å². The predicted molar refractivity (Wildman–Crippen MR) is 103 cm³/mol. The van der Waals surface area contributed by atoms with Crippen LogP contribution in [0.3, 0.4) is 0 Å². The van der Waals surface area contributed by atoms with Gasteiger partial charge in [-0.25, -0.2) is 15.0 Å². The fourth-order valence-corrected chi connectivity index (χ4v) is 3.67. The van der Waals surface area contributed by atoms with E-state index < -0.39 is 0 Å². The second kappa shape index (κ2) is 6.48. The number of rotatable bonds is 2. The number of pyridine rings is 1. The summed E-state index contributed by atoms with van der Waals surface area (Å²) in [5.74, 6) is 1.45. The van der Waals surface area contributed by atoms with E-state index in [4.69, 9.17) is 17.3 Å². The first-order valence-corrected chi connectivity index (χ1v) is 8.94. The van der Waals surface area contributed by atoms with Gasteiger partial charge in [0, 0.05) is 24.0 Å². The molecule has 128 valence electrons. The highest BCUT2D eigenvalue weighted by molar-refractivity contribution is 6.34. The van der Waals surface area contributed by atoms with Gasteiger partial charge in [0.05, 0.1) is 16.2 Å². The molecule has 25 heavy (non-hydrogen) atoms. The molecule has 1 aliphatic rings. The lowest BCUT2D eigenvalue weighted by Gasteiger charge is -2.28. The maximum atomic E-state index is 6.62. The fraction of sp³-hybridized carbons (Fsp3) is 0.316. The van der Waals surface area contributed by atoms with Crippen molar-refractivity contribution in [1.82, 2.24) is 15.0 Å². The molecule has 3 aromatic rings. The molecule has 0 atom stereocenters. The number of benzene rings is 1. The van der Waals surface area contributed by atoms with Gasteiger partial charge in [0.15, 0.2) is 0 Å². The maximum absolute atomic E-state index is 6.62. The minimum atomic E-state index is 0.480. The average molecular weight is 354 g/mol. The lowest BCUT2D eigenvalue weighted by atomic mass is 10.0. The van der Waals surface area contributed by atoms with E-state index >= 15 is 0 Å². The van der Waals surface area contributed by atoms with E-state index in [0.29, 0.717) is 10.8 Å². The predicted octanol–water partition coefficient (Wildman–Crippen LogP) is 4.23. The molecule has 5 nitrogen and oxygen atoms in total. The molecule has 0 amide bonds. The third kappa shape index (κ3) is 3.00. The van der Waals surface area contributed by atoms with Gasteiger partial charge in [-0.15, -0.1) is 0 Å². The number of halogens is 1. The summed E-state index contributed by atoms with van der Waals surface area (Å²) in [6, 6.07) is 7.70. The molecule has 3 heterocycles. The monoisotopic (exact) mass is 353 g/mol. The number of aromatic nitrogens is 3. The summed E-state index contributed by atoms with van der Waals surface area (Å²) in [6.45, 7) is 4.06. The largest absolute Gasteiger partial charge is 0.384 e. The van der Waals surface area contributed by atoms with Crippen molar-refractivity contribution >= 4 is 34.1 Å². The summed E-state index contributed by atoms with van der Waals surface area (Å²) in [5.41, 5.74) is 9.41. The highest BCUT2D eigenvalue weighted by atomic mass is 35.5. The van der Waals surface area contributed by atoms with Crippen molar-refractivity contribution in [3.63, 3.8) is 0 Å². The van der Waals surface area contributed by atoms with E-state index in [9.17, 15) is 0 Å².